The number of carbonyl (C=O) groups is 2. The fourth-order valence-electron chi connectivity index (χ4n) is 2.95. The van der Waals surface area contributed by atoms with E-state index in [1.807, 2.05) is 24.3 Å². The fraction of sp³-hybridized carbons (Fsp3) is 0.391. The highest BCUT2D eigenvalue weighted by Gasteiger charge is 2.23. The first kappa shape index (κ1) is 22.3. The molecule has 0 spiro atoms. The molecule has 29 heavy (non-hydrogen) atoms. The zero-order valence-corrected chi connectivity index (χ0v) is 17.6. The maximum atomic E-state index is 11.5. The summed E-state index contributed by atoms with van der Waals surface area (Å²) in [6.45, 7) is 8.96. The molecule has 0 bridgehead atoms. The Morgan fingerprint density at radius 3 is 1.38 bits per heavy atom. The van der Waals surface area contributed by atoms with Gasteiger partial charge in [0.05, 0.1) is 13.2 Å². The minimum Gasteiger partial charge on any atom is -0.465 e. The molecule has 6 heteroatoms. The average Bonchev–Trinajstić information content (AvgIpc) is 2.72. The van der Waals surface area contributed by atoms with Gasteiger partial charge in [-0.2, -0.15) is 0 Å². The van der Waals surface area contributed by atoms with Crippen LogP contribution in [0.4, 0.5) is 11.4 Å². The van der Waals surface area contributed by atoms with E-state index < -0.39 is 0 Å². The van der Waals surface area contributed by atoms with Gasteiger partial charge in [0.2, 0.25) is 0 Å². The largest absolute Gasteiger partial charge is 0.465 e. The monoisotopic (exact) mass is 398 g/mol. The molecule has 0 atom stereocenters. The minimum atomic E-state index is -0.270. The number of rotatable bonds is 10. The number of hydrogen-bond donors (Lipinski definition) is 2. The zero-order valence-electron chi connectivity index (χ0n) is 17.6. The molecule has 2 aromatic rings. The normalized spacial score (nSPS) is 10.9. The fourth-order valence-corrected chi connectivity index (χ4v) is 2.95. The van der Waals surface area contributed by atoms with E-state index in [-0.39, 0.29) is 30.4 Å². The van der Waals surface area contributed by atoms with Crippen LogP contribution in [-0.4, -0.2) is 38.2 Å². The van der Waals surface area contributed by atoms with Crippen molar-refractivity contribution >= 4 is 23.3 Å². The number of anilines is 2. The van der Waals surface area contributed by atoms with E-state index in [2.05, 4.69) is 48.7 Å². The molecule has 0 fully saturated rings. The van der Waals surface area contributed by atoms with Gasteiger partial charge in [-0.1, -0.05) is 38.1 Å². The van der Waals surface area contributed by atoms with E-state index in [1.54, 1.807) is 13.8 Å². The molecule has 156 valence electrons. The second-order valence-electron chi connectivity index (χ2n) is 7.10. The molecule has 0 aliphatic rings. The standard InChI is InChI=1S/C23H30N2O4/c1-5-28-21(26)15-24-19-11-7-17(8-12-19)23(3,4)18-9-13-20(14-10-18)25-16-22(27)29-6-2/h7-14,24-25H,5-6,15-16H2,1-4H3. The third-order valence-corrected chi connectivity index (χ3v) is 4.70. The van der Waals surface area contributed by atoms with E-state index in [1.165, 1.54) is 0 Å². The van der Waals surface area contributed by atoms with Gasteiger partial charge >= 0.3 is 11.9 Å². The molecule has 0 aromatic heterocycles. The molecule has 2 aromatic carbocycles. The summed E-state index contributed by atoms with van der Waals surface area (Å²) in [4.78, 5) is 22.9. The number of carbonyl (C=O) groups excluding carboxylic acids is 2. The Bertz CT molecular complexity index is 731. The number of benzene rings is 2. The van der Waals surface area contributed by atoms with E-state index in [9.17, 15) is 9.59 Å². The van der Waals surface area contributed by atoms with Crippen molar-refractivity contribution in [2.75, 3.05) is 36.9 Å². The maximum Gasteiger partial charge on any atom is 0.325 e. The van der Waals surface area contributed by atoms with Crippen LogP contribution in [0.2, 0.25) is 0 Å². The zero-order chi connectivity index (χ0) is 21.3. The van der Waals surface area contributed by atoms with Gasteiger partial charge in [0.1, 0.15) is 13.1 Å². The van der Waals surface area contributed by atoms with Gasteiger partial charge in [0.25, 0.3) is 0 Å². The molecule has 0 aliphatic carbocycles. The van der Waals surface area contributed by atoms with Crippen LogP contribution in [0.5, 0.6) is 0 Å². The van der Waals surface area contributed by atoms with Crippen molar-refractivity contribution in [3.63, 3.8) is 0 Å². The lowest BCUT2D eigenvalue weighted by molar-refractivity contribution is -0.141. The molecule has 0 radical (unpaired) electrons. The van der Waals surface area contributed by atoms with Crippen molar-refractivity contribution in [2.45, 2.75) is 33.1 Å². The van der Waals surface area contributed by atoms with Gasteiger partial charge in [-0.15, -0.1) is 0 Å². The molecule has 2 N–H and O–H groups in total. The Hall–Kier alpha value is -3.02. The van der Waals surface area contributed by atoms with Gasteiger partial charge < -0.3 is 20.1 Å². The van der Waals surface area contributed by atoms with Crippen molar-refractivity contribution in [2.24, 2.45) is 0 Å². The van der Waals surface area contributed by atoms with E-state index in [4.69, 9.17) is 9.47 Å². The lowest BCUT2D eigenvalue weighted by atomic mass is 9.78. The van der Waals surface area contributed by atoms with E-state index in [0.29, 0.717) is 13.2 Å². The summed E-state index contributed by atoms with van der Waals surface area (Å²) >= 11 is 0. The Morgan fingerprint density at radius 2 is 1.07 bits per heavy atom. The first-order chi connectivity index (χ1) is 13.9. The molecule has 0 saturated heterocycles. The Labute approximate surface area is 172 Å². The third-order valence-electron chi connectivity index (χ3n) is 4.70. The molecular weight excluding hydrogens is 368 g/mol. The minimum absolute atomic E-state index is 0.150. The van der Waals surface area contributed by atoms with Gasteiger partial charge in [-0.25, -0.2) is 0 Å². The van der Waals surface area contributed by atoms with Gasteiger partial charge in [0.15, 0.2) is 0 Å². The van der Waals surface area contributed by atoms with Crippen LogP contribution >= 0.6 is 0 Å². The topological polar surface area (TPSA) is 76.7 Å². The Morgan fingerprint density at radius 1 is 0.724 bits per heavy atom. The van der Waals surface area contributed by atoms with Crippen LogP contribution in [0.15, 0.2) is 48.5 Å². The smallest absolute Gasteiger partial charge is 0.325 e. The second kappa shape index (κ2) is 10.5. The van der Waals surface area contributed by atoms with E-state index >= 15 is 0 Å². The molecular formula is C23H30N2O4. The highest BCUT2D eigenvalue weighted by atomic mass is 16.5. The number of nitrogens with one attached hydrogen (secondary N) is 2. The van der Waals surface area contributed by atoms with Gasteiger partial charge in [0, 0.05) is 16.8 Å². The number of esters is 2. The summed E-state index contributed by atoms with van der Waals surface area (Å²) < 4.78 is 9.84. The molecule has 0 amide bonds. The summed E-state index contributed by atoms with van der Waals surface area (Å²) in [6.07, 6.45) is 0. The molecule has 0 aliphatic heterocycles. The van der Waals surface area contributed by atoms with Crippen LogP contribution in [0, 0.1) is 0 Å². The van der Waals surface area contributed by atoms with Crippen molar-refractivity contribution in [3.8, 4) is 0 Å². The third kappa shape index (κ3) is 6.52. The highest BCUT2D eigenvalue weighted by molar-refractivity contribution is 5.75. The van der Waals surface area contributed by atoms with Crippen LogP contribution in [0.3, 0.4) is 0 Å². The predicted molar refractivity (Wildman–Crippen MR) is 115 cm³/mol. The Kier molecular flexibility index (Phi) is 8.07. The van der Waals surface area contributed by atoms with Crippen molar-refractivity contribution in [3.05, 3.63) is 59.7 Å². The van der Waals surface area contributed by atoms with Crippen molar-refractivity contribution in [1.82, 2.24) is 0 Å². The molecule has 0 heterocycles. The van der Waals surface area contributed by atoms with Crippen molar-refractivity contribution in [1.29, 1.82) is 0 Å². The average molecular weight is 399 g/mol. The predicted octanol–water partition coefficient (Wildman–Crippen LogP) is 3.96. The van der Waals surface area contributed by atoms with Crippen LogP contribution in [0.1, 0.15) is 38.8 Å². The first-order valence-corrected chi connectivity index (χ1v) is 9.87. The SMILES string of the molecule is CCOC(=O)CNc1ccc(C(C)(C)c2ccc(NCC(=O)OCC)cc2)cc1. The summed E-state index contributed by atoms with van der Waals surface area (Å²) in [5.74, 6) is -0.540. The summed E-state index contributed by atoms with van der Waals surface area (Å²) in [5, 5.41) is 6.13. The molecule has 6 nitrogen and oxygen atoms in total. The van der Waals surface area contributed by atoms with Crippen molar-refractivity contribution < 1.29 is 19.1 Å². The lowest BCUT2D eigenvalue weighted by Gasteiger charge is -2.26. The van der Waals surface area contributed by atoms with Crippen LogP contribution < -0.4 is 10.6 Å². The quantitative estimate of drug-likeness (QED) is 0.590. The lowest BCUT2D eigenvalue weighted by Crippen LogP contribution is -2.20. The number of ether oxygens (including phenoxy) is 2. The first-order valence-electron chi connectivity index (χ1n) is 9.87. The second-order valence-corrected chi connectivity index (χ2v) is 7.10. The summed E-state index contributed by atoms with van der Waals surface area (Å²) in [7, 11) is 0. The van der Waals surface area contributed by atoms with E-state index in [0.717, 1.165) is 22.5 Å². The van der Waals surface area contributed by atoms with Crippen LogP contribution in [0.25, 0.3) is 0 Å². The van der Waals surface area contributed by atoms with Crippen LogP contribution in [-0.2, 0) is 24.5 Å². The summed E-state index contributed by atoms with van der Waals surface area (Å²) in [5.41, 5.74) is 3.87. The molecule has 0 unspecified atom stereocenters. The number of hydrogen-bond acceptors (Lipinski definition) is 6. The summed E-state index contributed by atoms with van der Waals surface area (Å²) in [6, 6.07) is 16.1. The van der Waals surface area contributed by atoms with Gasteiger partial charge in [-0.05, 0) is 49.2 Å². The Balaban J connectivity index is 2.00. The molecule has 2 rings (SSSR count). The maximum absolute atomic E-state index is 11.5. The highest BCUT2D eigenvalue weighted by Crippen LogP contribution is 2.32. The van der Waals surface area contributed by atoms with Gasteiger partial charge in [-0.3, -0.25) is 9.59 Å². The molecule has 0 saturated carbocycles.